The molecule has 116 valence electrons. The molecule has 7 nitrogen and oxygen atoms in total. The summed E-state index contributed by atoms with van der Waals surface area (Å²) >= 11 is 1.22. The number of nitrogens with one attached hydrogen (secondary N) is 1. The van der Waals surface area contributed by atoms with Gasteiger partial charge in [-0.3, -0.25) is 9.10 Å². The van der Waals surface area contributed by atoms with Crippen LogP contribution in [0.5, 0.6) is 0 Å². The average molecular weight is 342 g/mol. The van der Waals surface area contributed by atoms with Crippen LogP contribution in [0, 0.1) is 5.82 Å². The van der Waals surface area contributed by atoms with Crippen LogP contribution < -0.4 is 13.9 Å². The zero-order chi connectivity index (χ0) is 15.9. The summed E-state index contributed by atoms with van der Waals surface area (Å²) in [4.78, 5) is 15.9. The minimum Gasteiger partial charge on any atom is -0.300 e. The number of anilines is 3. The number of aromatic nitrogens is 1. The fraction of sp³-hybridized carbons (Fsp3) is 0.167. The lowest BCUT2D eigenvalue weighted by Gasteiger charge is -2.18. The second-order valence-electron chi connectivity index (χ2n) is 4.50. The van der Waals surface area contributed by atoms with Crippen molar-refractivity contribution in [2.24, 2.45) is 0 Å². The molecular weight excluding hydrogens is 331 g/mol. The fourth-order valence-corrected chi connectivity index (χ4v) is 4.02. The number of hydrogen-bond acceptors (Lipinski definition) is 5. The molecule has 0 saturated heterocycles. The van der Waals surface area contributed by atoms with Gasteiger partial charge in [-0.25, -0.2) is 13.7 Å². The van der Waals surface area contributed by atoms with Crippen molar-refractivity contribution >= 4 is 44.0 Å². The Bertz CT molecular complexity index is 823. The standard InChI is InChI=1S/C12H11FN4O3S2/c1-16-9-3-2-8(13)6-10(9)17(22(16,19)20)7-11(18)15-12-14-4-5-21-12/h2-6H,7H2,1H3,(H,14,15,18). The van der Waals surface area contributed by atoms with E-state index in [2.05, 4.69) is 10.3 Å². The van der Waals surface area contributed by atoms with Gasteiger partial charge in [-0.1, -0.05) is 0 Å². The topological polar surface area (TPSA) is 82.6 Å². The van der Waals surface area contributed by atoms with Crippen molar-refractivity contribution in [2.45, 2.75) is 0 Å². The van der Waals surface area contributed by atoms with E-state index >= 15 is 0 Å². The number of amides is 1. The molecule has 22 heavy (non-hydrogen) atoms. The Morgan fingerprint density at radius 1 is 1.41 bits per heavy atom. The van der Waals surface area contributed by atoms with Gasteiger partial charge in [0.2, 0.25) is 5.91 Å². The molecule has 0 spiro atoms. The Kier molecular flexibility index (Phi) is 3.49. The molecule has 0 atom stereocenters. The highest BCUT2D eigenvalue weighted by atomic mass is 32.2. The fourth-order valence-electron chi connectivity index (χ4n) is 2.10. The van der Waals surface area contributed by atoms with Crippen LogP contribution in [-0.4, -0.2) is 32.9 Å². The highest BCUT2D eigenvalue weighted by molar-refractivity contribution is 7.94. The monoisotopic (exact) mass is 342 g/mol. The smallest absolute Gasteiger partial charge is 0.300 e. The van der Waals surface area contributed by atoms with Gasteiger partial charge >= 0.3 is 10.2 Å². The molecule has 10 heteroatoms. The van der Waals surface area contributed by atoms with E-state index in [9.17, 15) is 17.6 Å². The number of hydrogen-bond donors (Lipinski definition) is 1. The molecule has 1 aromatic carbocycles. The maximum Gasteiger partial charge on any atom is 0.326 e. The van der Waals surface area contributed by atoms with Crippen LogP contribution in [0.25, 0.3) is 0 Å². The first-order valence-electron chi connectivity index (χ1n) is 6.15. The number of halogens is 1. The van der Waals surface area contributed by atoms with E-state index in [-0.39, 0.29) is 5.69 Å². The molecule has 0 fully saturated rings. The highest BCUT2D eigenvalue weighted by Gasteiger charge is 2.39. The first-order chi connectivity index (χ1) is 10.4. The van der Waals surface area contributed by atoms with Crippen LogP contribution in [0.4, 0.5) is 20.9 Å². The maximum absolute atomic E-state index is 13.4. The SMILES string of the molecule is CN1c2ccc(F)cc2N(CC(=O)Nc2nccs2)S1(=O)=O. The Balaban J connectivity index is 1.89. The van der Waals surface area contributed by atoms with Gasteiger partial charge in [0.15, 0.2) is 5.13 Å². The Hall–Kier alpha value is -2.20. The summed E-state index contributed by atoms with van der Waals surface area (Å²) in [6.45, 7) is -0.456. The Labute approximate surface area is 130 Å². The van der Waals surface area contributed by atoms with E-state index in [4.69, 9.17) is 0 Å². The van der Waals surface area contributed by atoms with Gasteiger partial charge < -0.3 is 5.32 Å². The van der Waals surface area contributed by atoms with Gasteiger partial charge in [-0.2, -0.15) is 8.42 Å². The predicted octanol–water partition coefficient (Wildman–Crippen LogP) is 1.42. The summed E-state index contributed by atoms with van der Waals surface area (Å²) in [5, 5.41) is 4.55. The number of carbonyl (C=O) groups is 1. The molecule has 3 rings (SSSR count). The Morgan fingerprint density at radius 2 is 2.18 bits per heavy atom. The molecule has 0 aliphatic carbocycles. The van der Waals surface area contributed by atoms with Crippen molar-refractivity contribution in [3.63, 3.8) is 0 Å². The van der Waals surface area contributed by atoms with Crippen molar-refractivity contribution in [1.29, 1.82) is 0 Å². The van der Waals surface area contributed by atoms with Crippen LogP contribution in [-0.2, 0) is 15.0 Å². The molecule has 1 N–H and O–H groups in total. The lowest BCUT2D eigenvalue weighted by atomic mass is 10.2. The number of carbonyl (C=O) groups excluding carboxylic acids is 1. The van der Waals surface area contributed by atoms with Crippen LogP contribution in [0.3, 0.4) is 0 Å². The van der Waals surface area contributed by atoms with E-state index in [1.165, 1.54) is 36.7 Å². The molecule has 0 radical (unpaired) electrons. The number of fused-ring (bicyclic) bond motifs is 1. The van der Waals surface area contributed by atoms with Gasteiger partial charge in [-0.15, -0.1) is 11.3 Å². The normalized spacial score (nSPS) is 15.7. The van der Waals surface area contributed by atoms with E-state index in [0.29, 0.717) is 10.8 Å². The van der Waals surface area contributed by atoms with Crippen LogP contribution in [0.2, 0.25) is 0 Å². The van der Waals surface area contributed by atoms with Crippen LogP contribution in [0.15, 0.2) is 29.8 Å². The second-order valence-corrected chi connectivity index (χ2v) is 7.28. The zero-order valence-electron chi connectivity index (χ0n) is 11.4. The van der Waals surface area contributed by atoms with Gasteiger partial charge in [0, 0.05) is 24.7 Å². The van der Waals surface area contributed by atoms with Crippen molar-refractivity contribution in [1.82, 2.24) is 4.98 Å². The molecule has 0 saturated carbocycles. The highest BCUT2D eigenvalue weighted by Crippen LogP contribution is 2.39. The molecular formula is C12H11FN4O3S2. The average Bonchev–Trinajstić information content (AvgIpc) is 3.01. The van der Waals surface area contributed by atoms with Crippen molar-refractivity contribution in [2.75, 3.05) is 27.5 Å². The third kappa shape index (κ3) is 2.40. The van der Waals surface area contributed by atoms with E-state index in [0.717, 1.165) is 14.7 Å². The van der Waals surface area contributed by atoms with Crippen molar-refractivity contribution < 1.29 is 17.6 Å². The summed E-state index contributed by atoms with van der Waals surface area (Å²) in [5.74, 6) is -1.13. The van der Waals surface area contributed by atoms with E-state index < -0.39 is 28.5 Å². The molecule has 1 aromatic heterocycles. The number of benzene rings is 1. The number of thiazole rings is 1. The molecule has 2 heterocycles. The minimum atomic E-state index is -3.89. The van der Waals surface area contributed by atoms with E-state index in [1.807, 2.05) is 0 Å². The van der Waals surface area contributed by atoms with Crippen molar-refractivity contribution in [3.8, 4) is 0 Å². The van der Waals surface area contributed by atoms with Crippen LogP contribution in [0.1, 0.15) is 0 Å². The van der Waals surface area contributed by atoms with E-state index in [1.54, 1.807) is 5.38 Å². The molecule has 0 unspecified atom stereocenters. The molecule has 1 aliphatic heterocycles. The van der Waals surface area contributed by atoms with Gasteiger partial charge in [0.05, 0.1) is 11.4 Å². The van der Waals surface area contributed by atoms with Crippen LogP contribution >= 0.6 is 11.3 Å². The number of nitrogens with zero attached hydrogens (tertiary/aromatic N) is 3. The summed E-state index contributed by atoms with van der Waals surface area (Å²) < 4.78 is 40.0. The third-order valence-electron chi connectivity index (χ3n) is 3.14. The maximum atomic E-state index is 13.4. The van der Waals surface area contributed by atoms with Crippen molar-refractivity contribution in [3.05, 3.63) is 35.6 Å². The summed E-state index contributed by atoms with van der Waals surface area (Å²) in [6.07, 6.45) is 1.52. The lowest BCUT2D eigenvalue weighted by Crippen LogP contribution is -2.40. The molecule has 0 bridgehead atoms. The zero-order valence-corrected chi connectivity index (χ0v) is 13.0. The summed E-state index contributed by atoms with van der Waals surface area (Å²) in [7, 11) is -2.54. The van der Waals surface area contributed by atoms with Gasteiger partial charge in [0.25, 0.3) is 0 Å². The third-order valence-corrected chi connectivity index (χ3v) is 5.60. The Morgan fingerprint density at radius 3 is 2.86 bits per heavy atom. The molecule has 1 aliphatic rings. The predicted molar refractivity (Wildman–Crippen MR) is 81.8 cm³/mol. The molecule has 2 aromatic rings. The van der Waals surface area contributed by atoms with Gasteiger partial charge in [0.1, 0.15) is 12.4 Å². The first-order valence-corrected chi connectivity index (χ1v) is 8.43. The van der Waals surface area contributed by atoms with Gasteiger partial charge in [-0.05, 0) is 12.1 Å². The minimum absolute atomic E-state index is 0.136. The second kappa shape index (κ2) is 5.21. The first kappa shape index (κ1) is 14.7. The number of rotatable bonds is 3. The lowest BCUT2D eigenvalue weighted by molar-refractivity contribution is -0.114. The molecule has 1 amide bonds. The summed E-state index contributed by atoms with van der Waals surface area (Å²) in [5.41, 5.74) is 0.459. The largest absolute Gasteiger partial charge is 0.326 e. The quantitative estimate of drug-likeness (QED) is 0.914. The summed E-state index contributed by atoms with van der Waals surface area (Å²) in [6, 6.07) is 3.62.